The van der Waals surface area contributed by atoms with Crippen LogP contribution in [-0.4, -0.2) is 49.6 Å². The minimum Gasteiger partial charge on any atom is -0.297 e. The van der Waals surface area contributed by atoms with E-state index in [4.69, 9.17) is 0 Å². The molecule has 0 spiro atoms. The van der Waals surface area contributed by atoms with Gasteiger partial charge in [-0.25, -0.2) is 8.42 Å². The number of sulfonamides is 1. The second-order valence-electron chi connectivity index (χ2n) is 7.28. The summed E-state index contributed by atoms with van der Waals surface area (Å²) in [4.78, 5) is 2.41. The minimum absolute atomic E-state index is 0.0253. The molecule has 4 nitrogen and oxygen atoms in total. The van der Waals surface area contributed by atoms with Crippen molar-refractivity contribution in [2.75, 3.05) is 25.9 Å². The molecule has 2 aromatic rings. The van der Waals surface area contributed by atoms with Gasteiger partial charge in [-0.2, -0.15) is 15.6 Å². The van der Waals surface area contributed by atoms with Gasteiger partial charge in [-0.05, 0) is 47.3 Å². The quantitative estimate of drug-likeness (QED) is 0.824. The van der Waals surface area contributed by atoms with Gasteiger partial charge >= 0.3 is 0 Å². The van der Waals surface area contributed by atoms with Gasteiger partial charge < -0.3 is 0 Å². The molecule has 0 amide bonds. The Bertz CT molecular complexity index is 820. The average molecular weight is 377 g/mol. The Morgan fingerprint density at radius 3 is 2.60 bits per heavy atom. The number of nitrogens with zero attached hydrogens (tertiary/aromatic N) is 2. The van der Waals surface area contributed by atoms with Crippen molar-refractivity contribution in [3.63, 3.8) is 0 Å². The van der Waals surface area contributed by atoms with Crippen molar-refractivity contribution in [1.82, 2.24) is 9.21 Å². The summed E-state index contributed by atoms with van der Waals surface area (Å²) < 4.78 is 26.5. The van der Waals surface area contributed by atoms with Gasteiger partial charge in [0.25, 0.3) is 0 Å². The van der Waals surface area contributed by atoms with Crippen molar-refractivity contribution < 1.29 is 8.42 Å². The number of benzene rings is 1. The molecule has 1 aromatic heterocycles. The zero-order valence-electron chi connectivity index (χ0n) is 14.5. The Morgan fingerprint density at radius 1 is 1.16 bits per heavy atom. The molecule has 0 radical (unpaired) electrons. The lowest BCUT2D eigenvalue weighted by Gasteiger charge is -2.46. The Hall–Kier alpha value is -1.21. The van der Waals surface area contributed by atoms with Gasteiger partial charge in [-0.3, -0.25) is 4.90 Å². The number of hydrogen-bond donors (Lipinski definition) is 0. The molecule has 1 aromatic carbocycles. The van der Waals surface area contributed by atoms with Crippen LogP contribution < -0.4 is 0 Å². The largest absolute Gasteiger partial charge is 0.297 e. The zero-order chi connectivity index (χ0) is 17.5. The molecule has 2 saturated heterocycles. The summed E-state index contributed by atoms with van der Waals surface area (Å²) in [6.45, 7) is 3.35. The third-order valence-corrected chi connectivity index (χ3v) is 7.85. The highest BCUT2D eigenvalue weighted by Gasteiger charge is 2.53. The molecule has 0 bridgehead atoms. The predicted molar refractivity (Wildman–Crippen MR) is 102 cm³/mol. The average Bonchev–Trinajstić information content (AvgIpc) is 3.23. The first-order valence-electron chi connectivity index (χ1n) is 8.75. The maximum atomic E-state index is 12.4. The van der Waals surface area contributed by atoms with E-state index in [9.17, 15) is 8.42 Å². The lowest BCUT2D eigenvalue weighted by atomic mass is 9.69. The lowest BCUT2D eigenvalue weighted by molar-refractivity contribution is 0.111. The highest BCUT2D eigenvalue weighted by molar-refractivity contribution is 7.88. The molecule has 2 atom stereocenters. The van der Waals surface area contributed by atoms with Gasteiger partial charge in [0.2, 0.25) is 10.0 Å². The van der Waals surface area contributed by atoms with E-state index in [1.54, 1.807) is 15.6 Å². The Morgan fingerprint density at radius 2 is 1.92 bits per heavy atom. The number of likely N-dealkylation sites (tertiary alicyclic amines) is 1. The molecule has 134 valence electrons. The van der Waals surface area contributed by atoms with Gasteiger partial charge in [0.1, 0.15) is 0 Å². The molecule has 0 N–H and O–H groups in total. The summed E-state index contributed by atoms with van der Waals surface area (Å²) in [5.41, 5.74) is 2.57. The number of hydrogen-bond acceptors (Lipinski definition) is 4. The topological polar surface area (TPSA) is 40.6 Å². The molecule has 0 saturated carbocycles. The smallest absolute Gasteiger partial charge is 0.211 e. The maximum Gasteiger partial charge on any atom is 0.211 e. The molecule has 0 unspecified atom stereocenters. The highest BCUT2D eigenvalue weighted by Crippen LogP contribution is 2.46. The normalized spacial score (nSPS) is 28.1. The first kappa shape index (κ1) is 17.2. The van der Waals surface area contributed by atoms with Crippen LogP contribution in [0.15, 0.2) is 47.2 Å². The molecular weight excluding hydrogens is 352 g/mol. The van der Waals surface area contributed by atoms with E-state index in [-0.39, 0.29) is 11.5 Å². The first-order valence-corrected chi connectivity index (χ1v) is 11.5. The van der Waals surface area contributed by atoms with Gasteiger partial charge in [0.05, 0.1) is 6.26 Å². The van der Waals surface area contributed by atoms with Crippen molar-refractivity contribution in [3.8, 4) is 0 Å². The van der Waals surface area contributed by atoms with E-state index in [1.807, 2.05) is 6.07 Å². The van der Waals surface area contributed by atoms with E-state index in [2.05, 4.69) is 46.0 Å². The molecule has 3 heterocycles. The van der Waals surface area contributed by atoms with Crippen LogP contribution in [0.3, 0.4) is 0 Å². The van der Waals surface area contributed by atoms with Crippen LogP contribution in [0.2, 0.25) is 0 Å². The molecule has 2 aliphatic heterocycles. The summed E-state index contributed by atoms with van der Waals surface area (Å²) in [5, 5.41) is 4.29. The molecular formula is C19H24N2O2S2. The Kier molecular flexibility index (Phi) is 4.48. The molecule has 6 heteroatoms. The van der Waals surface area contributed by atoms with Crippen LogP contribution in [-0.2, 0) is 22.0 Å². The number of thiophene rings is 1. The number of rotatable bonds is 4. The third kappa shape index (κ3) is 3.16. The van der Waals surface area contributed by atoms with E-state index in [0.29, 0.717) is 6.54 Å². The molecule has 4 rings (SSSR count). The predicted octanol–water partition coefficient (Wildman–Crippen LogP) is 2.93. The van der Waals surface area contributed by atoms with E-state index >= 15 is 0 Å². The van der Waals surface area contributed by atoms with Crippen molar-refractivity contribution in [1.29, 1.82) is 0 Å². The minimum atomic E-state index is -3.20. The summed E-state index contributed by atoms with van der Waals surface area (Å²) in [6, 6.07) is 12.7. The summed E-state index contributed by atoms with van der Waals surface area (Å²) in [5.74, 6) is 0. The van der Waals surface area contributed by atoms with Crippen LogP contribution in [0.5, 0.6) is 0 Å². The van der Waals surface area contributed by atoms with Crippen LogP contribution in [0, 0.1) is 0 Å². The summed E-state index contributed by atoms with van der Waals surface area (Å²) in [7, 11) is -3.20. The fraction of sp³-hybridized carbons (Fsp3) is 0.474. The van der Waals surface area contributed by atoms with Crippen molar-refractivity contribution in [2.24, 2.45) is 0 Å². The maximum absolute atomic E-state index is 12.4. The summed E-state index contributed by atoms with van der Waals surface area (Å²) >= 11 is 1.72. The monoisotopic (exact) mass is 376 g/mol. The second kappa shape index (κ2) is 6.50. The van der Waals surface area contributed by atoms with E-state index < -0.39 is 10.0 Å². The standard InChI is InChI=1S/C19H24N2O2S2/c1-25(22,23)21-11-9-19(17-5-3-2-4-6-17)8-10-20(14-18(19)21)13-16-7-12-24-15-16/h2-7,12,15,18H,8-11,13-14H2,1H3/t18-,19-/m0/s1. The first-order chi connectivity index (χ1) is 12.0. The third-order valence-electron chi connectivity index (χ3n) is 5.83. The SMILES string of the molecule is CS(=O)(=O)N1CC[C@]2(c3ccccc3)CCN(Cc3ccsc3)C[C@H]12. The molecule has 0 aliphatic carbocycles. The van der Waals surface area contributed by atoms with Gasteiger partial charge in [-0.15, -0.1) is 0 Å². The van der Waals surface area contributed by atoms with E-state index in [0.717, 1.165) is 32.5 Å². The Balaban J connectivity index is 1.66. The fourth-order valence-electron chi connectivity index (χ4n) is 4.59. The molecule has 2 aliphatic rings. The molecule has 2 fully saturated rings. The Labute approximate surface area is 154 Å². The fourth-order valence-corrected chi connectivity index (χ4v) is 6.40. The highest BCUT2D eigenvalue weighted by atomic mass is 32.2. The van der Waals surface area contributed by atoms with Crippen molar-refractivity contribution in [2.45, 2.75) is 30.8 Å². The number of fused-ring (bicyclic) bond motifs is 1. The summed E-state index contributed by atoms with van der Waals surface area (Å²) in [6.07, 6.45) is 3.28. The molecule has 25 heavy (non-hydrogen) atoms. The van der Waals surface area contributed by atoms with Crippen LogP contribution in [0.25, 0.3) is 0 Å². The van der Waals surface area contributed by atoms with Crippen molar-refractivity contribution in [3.05, 3.63) is 58.3 Å². The van der Waals surface area contributed by atoms with Crippen LogP contribution in [0.1, 0.15) is 24.0 Å². The van der Waals surface area contributed by atoms with Crippen LogP contribution in [0.4, 0.5) is 0 Å². The van der Waals surface area contributed by atoms with Crippen LogP contribution >= 0.6 is 11.3 Å². The van der Waals surface area contributed by atoms with Gasteiger partial charge in [0.15, 0.2) is 0 Å². The second-order valence-corrected chi connectivity index (χ2v) is 9.99. The lowest BCUT2D eigenvalue weighted by Crippen LogP contribution is -2.56. The van der Waals surface area contributed by atoms with E-state index in [1.165, 1.54) is 17.4 Å². The number of piperidine rings is 1. The van der Waals surface area contributed by atoms with Gasteiger partial charge in [-0.1, -0.05) is 30.3 Å². The van der Waals surface area contributed by atoms with Crippen molar-refractivity contribution >= 4 is 21.4 Å². The zero-order valence-corrected chi connectivity index (χ0v) is 16.1. The van der Waals surface area contributed by atoms with Gasteiger partial charge in [0, 0.05) is 31.1 Å².